The number of ether oxygens (including phenoxy) is 1. The fraction of sp³-hybridized carbons (Fsp3) is 0.600. The lowest BCUT2D eigenvalue weighted by molar-refractivity contribution is -0.0454. The molecule has 2 bridgehead atoms. The summed E-state index contributed by atoms with van der Waals surface area (Å²) in [5, 5.41) is 21.3. The normalized spacial score (nSPS) is 37.7. The van der Waals surface area contributed by atoms with Crippen LogP contribution in [0.15, 0.2) is 18.2 Å². The van der Waals surface area contributed by atoms with Crippen LogP contribution in [-0.2, 0) is 18.3 Å². The number of phenols is 1. The molecule has 0 aromatic heterocycles. The van der Waals surface area contributed by atoms with Crippen LogP contribution in [0.25, 0.3) is 0 Å². The van der Waals surface area contributed by atoms with Crippen LogP contribution in [0.4, 0.5) is 0 Å². The Balaban J connectivity index is 1.77. The number of hydrogen-bond donors (Lipinski definition) is 3. The summed E-state index contributed by atoms with van der Waals surface area (Å²) in [6.45, 7) is 1.64. The van der Waals surface area contributed by atoms with E-state index >= 15 is 0 Å². The van der Waals surface area contributed by atoms with Crippen molar-refractivity contribution in [3.05, 3.63) is 34.9 Å². The van der Waals surface area contributed by atoms with Gasteiger partial charge in [0.1, 0.15) is 12.2 Å². The molecule has 4 N–H and O–H groups in total. The molecule has 5 heteroatoms. The van der Waals surface area contributed by atoms with Gasteiger partial charge < -0.3 is 25.6 Å². The van der Waals surface area contributed by atoms with Gasteiger partial charge in [-0.05, 0) is 63.0 Å². The van der Waals surface area contributed by atoms with Gasteiger partial charge in [0.2, 0.25) is 0 Å². The van der Waals surface area contributed by atoms with Crippen molar-refractivity contribution < 1.29 is 14.9 Å². The van der Waals surface area contributed by atoms with E-state index in [1.54, 1.807) is 0 Å². The molecule has 1 spiro atoms. The molecular weight excluding hydrogens is 316 g/mol. The third kappa shape index (κ3) is 1.84. The molecule has 1 saturated heterocycles. The van der Waals surface area contributed by atoms with E-state index in [9.17, 15) is 10.2 Å². The fourth-order valence-corrected chi connectivity index (χ4v) is 5.91. The predicted molar refractivity (Wildman–Crippen MR) is 95.0 cm³/mol. The molecule has 1 aromatic rings. The number of aliphatic hydroxyl groups excluding tert-OH is 1. The van der Waals surface area contributed by atoms with Crippen molar-refractivity contribution in [3.8, 4) is 11.5 Å². The number of aliphatic hydroxyl groups is 1. The number of aromatic hydroxyl groups is 1. The molecule has 0 radical (unpaired) electrons. The molecule has 2 aliphatic carbocycles. The first-order valence-corrected chi connectivity index (χ1v) is 9.39. The summed E-state index contributed by atoms with van der Waals surface area (Å²) in [6.07, 6.45) is 6.91. The molecule has 4 aliphatic rings. The quantitative estimate of drug-likeness (QED) is 0.717. The Hall–Kier alpha value is -1.56. The van der Waals surface area contributed by atoms with Gasteiger partial charge in [0, 0.05) is 22.9 Å². The first-order valence-electron chi connectivity index (χ1n) is 9.39. The lowest BCUT2D eigenvalue weighted by atomic mass is 9.53. The maximum Gasteiger partial charge on any atom is 0.165 e. The van der Waals surface area contributed by atoms with Crippen LogP contribution >= 0.6 is 0 Å². The zero-order valence-corrected chi connectivity index (χ0v) is 14.6. The minimum atomic E-state index is -0.620. The van der Waals surface area contributed by atoms with E-state index in [4.69, 9.17) is 10.5 Å². The number of benzene rings is 1. The highest BCUT2D eigenvalue weighted by Crippen LogP contribution is 2.62. The first kappa shape index (κ1) is 15.7. The molecule has 25 heavy (non-hydrogen) atoms. The highest BCUT2D eigenvalue weighted by atomic mass is 16.5. The molecule has 1 fully saturated rings. The summed E-state index contributed by atoms with van der Waals surface area (Å²) in [5.74, 6) is 1.17. The number of piperidine rings is 1. The van der Waals surface area contributed by atoms with Gasteiger partial charge in [0.25, 0.3) is 0 Å². The van der Waals surface area contributed by atoms with Crippen LogP contribution in [0, 0.1) is 5.92 Å². The summed E-state index contributed by atoms with van der Waals surface area (Å²) in [6, 6.07) is 2.29. The van der Waals surface area contributed by atoms with Gasteiger partial charge >= 0.3 is 0 Å². The largest absolute Gasteiger partial charge is 0.504 e. The number of hydrogen-bond acceptors (Lipinski definition) is 5. The standard InChI is InChI=1S/C20H26N2O3/c1-22-8-6-20-13-4-5-15(23)19(20)25-18-16(24)9-11(3-2-7-21)12(17(18)20)10-14(13)22/h4-5,9,13-15,19,23-24H,2-3,6-8,10,21H2,1H3/t13-,14+,15-,19-,20-/m0/s1. The number of nitrogens with two attached hydrogens (primary N) is 1. The maximum absolute atomic E-state index is 10.7. The second-order valence-corrected chi connectivity index (χ2v) is 8.11. The van der Waals surface area contributed by atoms with E-state index in [2.05, 4.69) is 18.0 Å². The third-order valence-electron chi connectivity index (χ3n) is 7.02. The predicted octanol–water partition coefficient (Wildman–Crippen LogP) is 1.09. The minimum absolute atomic E-state index is 0.204. The van der Waals surface area contributed by atoms with Gasteiger partial charge in [-0.2, -0.15) is 0 Å². The Bertz CT molecular complexity index is 762. The van der Waals surface area contributed by atoms with Crippen molar-refractivity contribution >= 4 is 0 Å². The van der Waals surface area contributed by atoms with E-state index in [1.807, 2.05) is 12.1 Å². The number of likely N-dealkylation sites (N-methyl/N-ethyl adjacent to an activating group) is 1. The summed E-state index contributed by atoms with van der Waals surface area (Å²) in [4.78, 5) is 2.45. The Morgan fingerprint density at radius 3 is 3.04 bits per heavy atom. The number of nitrogens with zero attached hydrogens (tertiary/aromatic N) is 1. The zero-order valence-electron chi connectivity index (χ0n) is 14.6. The number of phenolic OH excluding ortho intramolecular Hbond substituents is 1. The summed E-state index contributed by atoms with van der Waals surface area (Å²) in [5.41, 5.74) is 9.24. The van der Waals surface area contributed by atoms with Gasteiger partial charge in [0.15, 0.2) is 11.5 Å². The van der Waals surface area contributed by atoms with Crippen molar-refractivity contribution in [1.29, 1.82) is 0 Å². The smallest absolute Gasteiger partial charge is 0.165 e. The Morgan fingerprint density at radius 1 is 1.40 bits per heavy atom. The van der Waals surface area contributed by atoms with Crippen molar-refractivity contribution in [1.82, 2.24) is 4.90 Å². The fourth-order valence-electron chi connectivity index (χ4n) is 5.91. The molecule has 0 amide bonds. The second kappa shape index (κ2) is 5.22. The highest BCUT2D eigenvalue weighted by Gasteiger charge is 2.64. The maximum atomic E-state index is 10.7. The zero-order chi connectivity index (χ0) is 17.3. The van der Waals surface area contributed by atoms with Gasteiger partial charge in [0.05, 0.1) is 0 Å². The number of aryl methyl sites for hydroxylation is 1. The summed E-state index contributed by atoms with van der Waals surface area (Å²) < 4.78 is 6.22. The second-order valence-electron chi connectivity index (χ2n) is 8.11. The Morgan fingerprint density at radius 2 is 2.24 bits per heavy atom. The van der Waals surface area contributed by atoms with Crippen LogP contribution in [0.3, 0.4) is 0 Å². The molecule has 5 nitrogen and oxygen atoms in total. The average Bonchev–Trinajstić information content (AvgIpc) is 2.95. The monoisotopic (exact) mass is 342 g/mol. The molecule has 5 rings (SSSR count). The van der Waals surface area contributed by atoms with Gasteiger partial charge in [-0.1, -0.05) is 12.2 Å². The van der Waals surface area contributed by atoms with Gasteiger partial charge in [-0.25, -0.2) is 0 Å². The van der Waals surface area contributed by atoms with Gasteiger partial charge in [-0.3, -0.25) is 0 Å². The number of likely N-dealkylation sites (tertiary alicyclic amines) is 1. The van der Waals surface area contributed by atoms with Crippen LogP contribution in [0.1, 0.15) is 29.5 Å². The summed E-state index contributed by atoms with van der Waals surface area (Å²) in [7, 11) is 2.20. The highest BCUT2D eigenvalue weighted by molar-refractivity contribution is 5.64. The Kier molecular flexibility index (Phi) is 3.28. The van der Waals surface area contributed by atoms with Crippen molar-refractivity contribution in [2.24, 2.45) is 11.7 Å². The lowest BCUT2D eigenvalue weighted by Gasteiger charge is -2.56. The molecule has 134 valence electrons. The number of rotatable bonds is 3. The van der Waals surface area contributed by atoms with Crippen LogP contribution in [-0.4, -0.2) is 53.5 Å². The van der Waals surface area contributed by atoms with Crippen molar-refractivity contribution in [2.75, 3.05) is 20.1 Å². The SMILES string of the molecule is CN1CC[C@]23c4c5c(CCCN)cc(O)c4O[C@H]2[C@@H](O)C=C[C@H]3[C@H]1C5. The molecular formula is C20H26N2O3. The van der Waals surface area contributed by atoms with E-state index in [-0.39, 0.29) is 17.3 Å². The van der Waals surface area contributed by atoms with E-state index in [1.165, 1.54) is 16.7 Å². The lowest BCUT2D eigenvalue weighted by Crippen LogP contribution is -2.64. The van der Waals surface area contributed by atoms with Crippen molar-refractivity contribution in [2.45, 2.75) is 49.3 Å². The van der Waals surface area contributed by atoms with E-state index < -0.39 is 6.10 Å². The molecule has 0 unspecified atom stereocenters. The molecule has 0 saturated carbocycles. The topological polar surface area (TPSA) is 79.0 Å². The molecule has 2 aliphatic heterocycles. The Labute approximate surface area is 148 Å². The van der Waals surface area contributed by atoms with E-state index in [0.717, 1.165) is 32.2 Å². The molecule has 5 atom stereocenters. The van der Waals surface area contributed by atoms with E-state index in [0.29, 0.717) is 24.3 Å². The van der Waals surface area contributed by atoms with Gasteiger partial charge in [-0.15, -0.1) is 0 Å². The summed E-state index contributed by atoms with van der Waals surface area (Å²) >= 11 is 0. The van der Waals surface area contributed by atoms with Crippen molar-refractivity contribution in [3.63, 3.8) is 0 Å². The minimum Gasteiger partial charge on any atom is -0.504 e. The first-order chi connectivity index (χ1) is 12.1. The van der Waals surface area contributed by atoms with Crippen LogP contribution < -0.4 is 10.5 Å². The third-order valence-corrected chi connectivity index (χ3v) is 7.02. The molecule has 1 aromatic carbocycles. The van der Waals surface area contributed by atoms with Crippen LogP contribution in [0.2, 0.25) is 0 Å². The van der Waals surface area contributed by atoms with Crippen LogP contribution in [0.5, 0.6) is 11.5 Å². The molecule has 2 heterocycles. The average molecular weight is 342 g/mol.